The lowest BCUT2D eigenvalue weighted by atomic mass is 10.2. The van der Waals surface area contributed by atoms with E-state index in [0.717, 1.165) is 18.7 Å². The Morgan fingerprint density at radius 3 is 3.36 bits per heavy atom. The molecule has 0 aliphatic carbocycles. The molecule has 1 aliphatic rings. The van der Waals surface area contributed by atoms with Crippen LogP contribution in [0, 0.1) is 0 Å². The number of fused-ring (bicyclic) bond motifs is 1. The zero-order valence-corrected chi connectivity index (χ0v) is 8.06. The maximum atomic E-state index is 11.4. The Hall–Kier alpha value is -1.36. The normalized spacial score (nSPS) is 19.4. The summed E-state index contributed by atoms with van der Waals surface area (Å²) in [5.74, 6) is 0.00245. The molecule has 1 atom stereocenters. The number of ether oxygens (including phenoxy) is 1. The van der Waals surface area contributed by atoms with Crippen molar-refractivity contribution in [3.8, 4) is 0 Å². The lowest BCUT2D eigenvalue weighted by Gasteiger charge is -2.02. The molecule has 1 aromatic heterocycles. The van der Waals surface area contributed by atoms with E-state index in [4.69, 9.17) is 10.5 Å². The van der Waals surface area contributed by atoms with Crippen LogP contribution in [-0.2, 0) is 11.3 Å². The van der Waals surface area contributed by atoms with Crippen LogP contribution in [0.5, 0.6) is 0 Å². The number of nitrogens with two attached hydrogens (primary N) is 1. The van der Waals surface area contributed by atoms with Crippen LogP contribution < -0.4 is 5.73 Å². The van der Waals surface area contributed by atoms with Gasteiger partial charge in [0.25, 0.3) is 0 Å². The number of nitrogens with zero attached hydrogens (tertiary/aromatic N) is 2. The van der Waals surface area contributed by atoms with Gasteiger partial charge in [-0.1, -0.05) is 0 Å². The third kappa shape index (κ3) is 1.29. The third-order valence-electron chi connectivity index (χ3n) is 2.39. The number of esters is 1. The zero-order valence-electron chi connectivity index (χ0n) is 8.06. The minimum absolute atomic E-state index is 0.00526. The van der Waals surface area contributed by atoms with Gasteiger partial charge < -0.3 is 15.0 Å². The van der Waals surface area contributed by atoms with Gasteiger partial charge in [-0.15, -0.1) is 0 Å². The summed E-state index contributed by atoms with van der Waals surface area (Å²) in [6.07, 6.45) is 2.52. The molecule has 1 unspecified atom stereocenters. The number of imidazole rings is 1. The summed E-state index contributed by atoms with van der Waals surface area (Å²) < 4.78 is 6.72. The highest BCUT2D eigenvalue weighted by molar-refractivity contribution is 5.85. The van der Waals surface area contributed by atoms with Gasteiger partial charge in [0, 0.05) is 12.6 Å². The first-order valence-corrected chi connectivity index (χ1v) is 4.72. The van der Waals surface area contributed by atoms with E-state index < -0.39 is 0 Å². The van der Waals surface area contributed by atoms with Crippen LogP contribution >= 0.6 is 0 Å². The minimum Gasteiger partial charge on any atom is -0.460 e. The molecule has 0 saturated heterocycles. The predicted octanol–water partition coefficient (Wildman–Crippen LogP) is 0.463. The summed E-state index contributed by atoms with van der Waals surface area (Å²) in [4.78, 5) is 15.4. The number of aromatic nitrogens is 2. The van der Waals surface area contributed by atoms with Gasteiger partial charge in [0.1, 0.15) is 0 Å². The molecule has 0 aromatic carbocycles. The molecule has 14 heavy (non-hydrogen) atoms. The average molecular weight is 195 g/mol. The molecule has 0 spiro atoms. The van der Waals surface area contributed by atoms with E-state index in [1.807, 2.05) is 4.57 Å². The molecular formula is C9H13N3O2. The third-order valence-corrected chi connectivity index (χ3v) is 2.39. The van der Waals surface area contributed by atoms with Crippen molar-refractivity contribution >= 4 is 5.97 Å². The second-order valence-electron chi connectivity index (χ2n) is 3.27. The summed E-state index contributed by atoms with van der Waals surface area (Å²) in [6.45, 7) is 2.90. The molecule has 2 rings (SSSR count). The smallest absolute Gasteiger partial charge is 0.374 e. The highest BCUT2D eigenvalue weighted by Crippen LogP contribution is 2.24. The molecule has 0 saturated carbocycles. The quantitative estimate of drug-likeness (QED) is 0.696. The lowest BCUT2D eigenvalue weighted by Crippen LogP contribution is -2.12. The lowest BCUT2D eigenvalue weighted by molar-refractivity contribution is 0.0506. The Bertz CT molecular complexity index is 359. The van der Waals surface area contributed by atoms with Gasteiger partial charge in [0.2, 0.25) is 5.82 Å². The molecule has 2 N–H and O–H groups in total. The number of hydrogen-bond donors (Lipinski definition) is 1. The first-order valence-electron chi connectivity index (χ1n) is 4.72. The molecule has 0 radical (unpaired) electrons. The predicted molar refractivity (Wildman–Crippen MR) is 49.7 cm³/mol. The Morgan fingerprint density at radius 2 is 2.64 bits per heavy atom. The van der Waals surface area contributed by atoms with E-state index in [0.29, 0.717) is 12.4 Å². The van der Waals surface area contributed by atoms with Crippen molar-refractivity contribution in [1.29, 1.82) is 0 Å². The number of rotatable bonds is 2. The number of hydrogen-bond acceptors (Lipinski definition) is 4. The molecule has 1 aromatic rings. The van der Waals surface area contributed by atoms with Gasteiger partial charge in [-0.25, -0.2) is 9.78 Å². The number of carbonyl (C=O) groups excluding carboxylic acids is 1. The molecule has 5 nitrogen and oxygen atoms in total. The first-order chi connectivity index (χ1) is 6.74. The second kappa shape index (κ2) is 3.42. The molecule has 0 bridgehead atoms. The van der Waals surface area contributed by atoms with Crippen molar-refractivity contribution in [1.82, 2.24) is 9.55 Å². The van der Waals surface area contributed by atoms with Crippen LogP contribution in [-0.4, -0.2) is 22.1 Å². The summed E-state index contributed by atoms with van der Waals surface area (Å²) in [6, 6.07) is 0.00526. The van der Waals surface area contributed by atoms with E-state index in [-0.39, 0.29) is 12.0 Å². The second-order valence-corrected chi connectivity index (χ2v) is 3.27. The van der Waals surface area contributed by atoms with Crippen LogP contribution in [0.4, 0.5) is 0 Å². The van der Waals surface area contributed by atoms with E-state index in [1.165, 1.54) is 0 Å². The summed E-state index contributed by atoms with van der Waals surface area (Å²) in [5.41, 5.74) is 6.74. The van der Waals surface area contributed by atoms with Gasteiger partial charge >= 0.3 is 5.97 Å². The minimum atomic E-state index is -0.368. The van der Waals surface area contributed by atoms with Crippen molar-refractivity contribution in [3.05, 3.63) is 17.7 Å². The summed E-state index contributed by atoms with van der Waals surface area (Å²) >= 11 is 0. The van der Waals surface area contributed by atoms with Crippen molar-refractivity contribution < 1.29 is 9.53 Å². The van der Waals surface area contributed by atoms with Crippen LogP contribution in [0.15, 0.2) is 6.20 Å². The van der Waals surface area contributed by atoms with Gasteiger partial charge in [0.05, 0.1) is 18.5 Å². The van der Waals surface area contributed by atoms with E-state index >= 15 is 0 Å². The molecular weight excluding hydrogens is 182 g/mol. The summed E-state index contributed by atoms with van der Waals surface area (Å²) in [5, 5.41) is 0. The van der Waals surface area contributed by atoms with Gasteiger partial charge in [-0.05, 0) is 13.3 Å². The number of carbonyl (C=O) groups is 1. The molecule has 1 aliphatic heterocycles. The largest absolute Gasteiger partial charge is 0.460 e. The highest BCUT2D eigenvalue weighted by atomic mass is 16.5. The average Bonchev–Trinajstić information content (AvgIpc) is 2.69. The molecule has 76 valence electrons. The van der Waals surface area contributed by atoms with Crippen molar-refractivity contribution in [2.24, 2.45) is 5.73 Å². The fourth-order valence-corrected chi connectivity index (χ4v) is 1.69. The molecule has 5 heteroatoms. The van der Waals surface area contributed by atoms with Crippen LogP contribution in [0.25, 0.3) is 0 Å². The van der Waals surface area contributed by atoms with Gasteiger partial charge in [-0.2, -0.15) is 0 Å². The van der Waals surface area contributed by atoms with Crippen LogP contribution in [0.3, 0.4) is 0 Å². The van der Waals surface area contributed by atoms with Crippen molar-refractivity contribution in [2.45, 2.75) is 25.9 Å². The molecule has 2 heterocycles. The standard InChI is InChI=1S/C9H13N3O2/c1-2-14-9(13)8-11-5-7-6(10)3-4-12(7)8/h5-6H,2-4,10H2,1H3. The molecule has 0 amide bonds. The molecule has 0 fully saturated rings. The van der Waals surface area contributed by atoms with E-state index in [2.05, 4.69) is 4.98 Å². The Balaban J connectivity index is 2.28. The van der Waals surface area contributed by atoms with E-state index in [9.17, 15) is 4.79 Å². The summed E-state index contributed by atoms with van der Waals surface area (Å²) in [7, 11) is 0. The maximum absolute atomic E-state index is 11.4. The Kier molecular flexibility index (Phi) is 2.25. The van der Waals surface area contributed by atoms with E-state index in [1.54, 1.807) is 13.1 Å². The monoisotopic (exact) mass is 195 g/mol. The Morgan fingerprint density at radius 1 is 1.86 bits per heavy atom. The maximum Gasteiger partial charge on any atom is 0.374 e. The fourth-order valence-electron chi connectivity index (χ4n) is 1.69. The Labute approximate surface area is 81.9 Å². The highest BCUT2D eigenvalue weighted by Gasteiger charge is 2.26. The van der Waals surface area contributed by atoms with Crippen molar-refractivity contribution in [2.75, 3.05) is 6.61 Å². The fraction of sp³-hybridized carbons (Fsp3) is 0.556. The zero-order chi connectivity index (χ0) is 10.1. The SMILES string of the molecule is CCOC(=O)c1ncc2n1CCC2N. The topological polar surface area (TPSA) is 70.1 Å². The van der Waals surface area contributed by atoms with Crippen LogP contribution in [0.1, 0.15) is 35.7 Å². The first kappa shape index (κ1) is 9.21. The van der Waals surface area contributed by atoms with Crippen molar-refractivity contribution in [3.63, 3.8) is 0 Å². The van der Waals surface area contributed by atoms with Gasteiger partial charge in [-0.3, -0.25) is 0 Å². The van der Waals surface area contributed by atoms with Crippen LogP contribution in [0.2, 0.25) is 0 Å². The van der Waals surface area contributed by atoms with Gasteiger partial charge in [0.15, 0.2) is 0 Å².